The van der Waals surface area contributed by atoms with Gasteiger partial charge in [-0.15, -0.1) is 0 Å². The van der Waals surface area contributed by atoms with Gasteiger partial charge in [-0.05, 0) is 24.8 Å². The summed E-state index contributed by atoms with van der Waals surface area (Å²) >= 11 is 0. The average molecular weight is 298 g/mol. The maximum Gasteiger partial charge on any atom is 0.270 e. The molecule has 1 atom stereocenters. The summed E-state index contributed by atoms with van der Waals surface area (Å²) in [5.41, 5.74) is -0.648. The van der Waals surface area contributed by atoms with Crippen molar-refractivity contribution in [2.24, 2.45) is 5.92 Å². The van der Waals surface area contributed by atoms with Crippen LogP contribution in [-0.2, 0) is 0 Å². The summed E-state index contributed by atoms with van der Waals surface area (Å²) in [6.45, 7) is 4.97. The van der Waals surface area contributed by atoms with Crippen LogP contribution in [0, 0.1) is 28.8 Å². The highest BCUT2D eigenvalue weighted by atomic mass is 19.1. The largest absolute Gasteiger partial charge is 0.396 e. The van der Waals surface area contributed by atoms with Gasteiger partial charge in [-0.25, -0.2) is 4.39 Å². The molecule has 1 amide bonds. The van der Waals surface area contributed by atoms with Gasteiger partial charge in [0.25, 0.3) is 11.6 Å². The van der Waals surface area contributed by atoms with Crippen LogP contribution in [0.25, 0.3) is 0 Å². The van der Waals surface area contributed by atoms with Crippen LogP contribution in [0.15, 0.2) is 12.1 Å². The molecule has 7 heteroatoms. The van der Waals surface area contributed by atoms with Gasteiger partial charge in [-0.3, -0.25) is 14.9 Å². The lowest BCUT2D eigenvalue weighted by molar-refractivity contribution is -0.385. The molecule has 0 saturated heterocycles. The summed E-state index contributed by atoms with van der Waals surface area (Å²) in [5.74, 6) is -1.44. The number of aliphatic hydroxyl groups excluding tert-OH is 1. The van der Waals surface area contributed by atoms with Gasteiger partial charge >= 0.3 is 0 Å². The summed E-state index contributed by atoms with van der Waals surface area (Å²) in [6, 6.07) is 1.68. The number of carbonyl (C=O) groups excluding carboxylic acids is 1. The van der Waals surface area contributed by atoms with E-state index in [0.29, 0.717) is 6.42 Å². The maximum absolute atomic E-state index is 14.0. The van der Waals surface area contributed by atoms with Crippen molar-refractivity contribution in [3.8, 4) is 0 Å². The second-order valence-corrected chi connectivity index (χ2v) is 5.22. The fraction of sp³-hybridized carbons (Fsp3) is 0.500. The molecule has 0 aromatic heterocycles. The molecule has 0 radical (unpaired) electrons. The van der Waals surface area contributed by atoms with E-state index in [2.05, 4.69) is 5.32 Å². The lowest BCUT2D eigenvalue weighted by Gasteiger charge is -2.21. The standard InChI is InChI=1S/C14H19FN2O4/c1-8(2)12(4-5-18)16-14(19)11-7-10(17(20)21)6-9(3)13(11)15/h6-8,12,18H,4-5H2,1-3H3,(H,16,19). The fourth-order valence-electron chi connectivity index (χ4n) is 1.98. The van der Waals surface area contributed by atoms with E-state index in [1.54, 1.807) is 0 Å². The van der Waals surface area contributed by atoms with Gasteiger partial charge in [0.05, 0.1) is 10.5 Å². The molecule has 0 heterocycles. The summed E-state index contributed by atoms with van der Waals surface area (Å²) in [6.07, 6.45) is 0.332. The highest BCUT2D eigenvalue weighted by molar-refractivity contribution is 5.95. The number of aryl methyl sites for hydroxylation is 1. The molecule has 1 aromatic carbocycles. The molecule has 2 N–H and O–H groups in total. The Morgan fingerprint density at radius 1 is 1.48 bits per heavy atom. The highest BCUT2D eigenvalue weighted by Gasteiger charge is 2.22. The first-order valence-corrected chi connectivity index (χ1v) is 6.64. The number of hydrogen-bond donors (Lipinski definition) is 2. The molecular formula is C14H19FN2O4. The van der Waals surface area contributed by atoms with Crippen LogP contribution in [0.3, 0.4) is 0 Å². The minimum absolute atomic E-state index is 0.0394. The van der Waals surface area contributed by atoms with Crippen LogP contribution in [-0.4, -0.2) is 28.6 Å². The van der Waals surface area contributed by atoms with E-state index in [1.807, 2.05) is 13.8 Å². The number of nitro groups is 1. The maximum atomic E-state index is 14.0. The minimum atomic E-state index is -0.774. The van der Waals surface area contributed by atoms with E-state index in [4.69, 9.17) is 5.11 Å². The number of benzene rings is 1. The van der Waals surface area contributed by atoms with Crippen LogP contribution in [0.4, 0.5) is 10.1 Å². The Bertz CT molecular complexity index is 546. The second-order valence-electron chi connectivity index (χ2n) is 5.22. The first-order chi connectivity index (χ1) is 9.77. The molecule has 1 rings (SSSR count). The van der Waals surface area contributed by atoms with Gasteiger partial charge in [0.15, 0.2) is 0 Å². The molecule has 116 valence electrons. The first-order valence-electron chi connectivity index (χ1n) is 6.64. The molecule has 0 fully saturated rings. The number of halogens is 1. The quantitative estimate of drug-likeness (QED) is 0.622. The average Bonchev–Trinajstić information content (AvgIpc) is 2.40. The second kappa shape index (κ2) is 7.12. The van der Waals surface area contributed by atoms with Gasteiger partial charge in [0.2, 0.25) is 0 Å². The number of hydrogen-bond acceptors (Lipinski definition) is 4. The molecule has 0 aliphatic heterocycles. The summed E-state index contributed by atoms with van der Waals surface area (Å²) in [4.78, 5) is 22.2. The summed E-state index contributed by atoms with van der Waals surface area (Å²) < 4.78 is 14.0. The van der Waals surface area contributed by atoms with E-state index >= 15 is 0 Å². The van der Waals surface area contributed by atoms with Crippen molar-refractivity contribution in [1.82, 2.24) is 5.32 Å². The number of nitrogens with one attached hydrogen (secondary N) is 1. The Hall–Kier alpha value is -2.02. The molecule has 0 bridgehead atoms. The first kappa shape index (κ1) is 17.0. The molecule has 6 nitrogen and oxygen atoms in total. The summed E-state index contributed by atoms with van der Waals surface area (Å²) in [7, 11) is 0. The van der Waals surface area contributed by atoms with Gasteiger partial charge in [0, 0.05) is 24.8 Å². The predicted molar refractivity (Wildman–Crippen MR) is 75.6 cm³/mol. The Balaban J connectivity index is 3.09. The highest BCUT2D eigenvalue weighted by Crippen LogP contribution is 2.21. The van der Waals surface area contributed by atoms with Crippen molar-refractivity contribution in [3.05, 3.63) is 39.2 Å². The van der Waals surface area contributed by atoms with E-state index in [-0.39, 0.29) is 35.4 Å². The van der Waals surface area contributed by atoms with Crippen molar-refractivity contribution < 1.29 is 19.2 Å². The van der Waals surface area contributed by atoms with Crippen molar-refractivity contribution in [2.45, 2.75) is 33.2 Å². The normalized spacial score (nSPS) is 12.3. The predicted octanol–water partition coefficient (Wildman–Crippen LogP) is 2.18. The smallest absolute Gasteiger partial charge is 0.270 e. The van der Waals surface area contributed by atoms with Crippen molar-refractivity contribution >= 4 is 11.6 Å². The van der Waals surface area contributed by atoms with E-state index in [9.17, 15) is 19.3 Å². The van der Waals surface area contributed by atoms with Gasteiger partial charge in [-0.2, -0.15) is 0 Å². The molecule has 0 spiro atoms. The topological polar surface area (TPSA) is 92.5 Å². The molecule has 0 aliphatic rings. The van der Waals surface area contributed by atoms with Crippen molar-refractivity contribution in [3.63, 3.8) is 0 Å². The van der Waals surface area contributed by atoms with Crippen LogP contribution in [0.2, 0.25) is 0 Å². The number of aliphatic hydroxyl groups is 1. The Morgan fingerprint density at radius 3 is 2.57 bits per heavy atom. The Morgan fingerprint density at radius 2 is 2.10 bits per heavy atom. The van der Waals surface area contributed by atoms with Crippen LogP contribution in [0.1, 0.15) is 36.2 Å². The lowest BCUT2D eigenvalue weighted by atomic mass is 10.0. The van der Waals surface area contributed by atoms with Gasteiger partial charge < -0.3 is 10.4 Å². The van der Waals surface area contributed by atoms with Crippen LogP contribution in [0.5, 0.6) is 0 Å². The number of non-ortho nitro benzene ring substituents is 1. The monoisotopic (exact) mass is 298 g/mol. The number of nitro benzene ring substituents is 1. The van der Waals surface area contributed by atoms with Gasteiger partial charge in [0.1, 0.15) is 5.82 Å². The third kappa shape index (κ3) is 4.22. The van der Waals surface area contributed by atoms with Crippen molar-refractivity contribution in [2.75, 3.05) is 6.61 Å². The van der Waals surface area contributed by atoms with Crippen LogP contribution < -0.4 is 5.32 Å². The number of nitrogens with zero attached hydrogens (tertiary/aromatic N) is 1. The molecular weight excluding hydrogens is 279 g/mol. The zero-order valence-corrected chi connectivity index (χ0v) is 12.2. The Labute approximate surface area is 122 Å². The minimum Gasteiger partial charge on any atom is -0.396 e. The third-order valence-corrected chi connectivity index (χ3v) is 3.26. The van der Waals surface area contributed by atoms with E-state index in [0.717, 1.165) is 12.1 Å². The zero-order chi connectivity index (χ0) is 16.2. The molecule has 1 aromatic rings. The molecule has 0 saturated carbocycles. The number of rotatable bonds is 6. The molecule has 0 aliphatic carbocycles. The molecule has 21 heavy (non-hydrogen) atoms. The summed E-state index contributed by atoms with van der Waals surface area (Å²) in [5, 5.41) is 22.4. The number of amides is 1. The zero-order valence-electron chi connectivity index (χ0n) is 12.2. The SMILES string of the molecule is Cc1cc([N+](=O)[O-])cc(C(=O)NC(CCO)C(C)C)c1F. The van der Waals surface area contributed by atoms with Crippen molar-refractivity contribution in [1.29, 1.82) is 0 Å². The third-order valence-electron chi connectivity index (χ3n) is 3.26. The lowest BCUT2D eigenvalue weighted by Crippen LogP contribution is -2.39. The fourth-order valence-corrected chi connectivity index (χ4v) is 1.98. The van der Waals surface area contributed by atoms with Crippen LogP contribution >= 0.6 is 0 Å². The van der Waals surface area contributed by atoms with Gasteiger partial charge in [-0.1, -0.05) is 13.8 Å². The molecule has 1 unspecified atom stereocenters. The van der Waals surface area contributed by atoms with E-state index in [1.165, 1.54) is 6.92 Å². The number of carbonyl (C=O) groups is 1. The van der Waals surface area contributed by atoms with E-state index < -0.39 is 16.6 Å². The Kier molecular flexibility index (Phi) is 5.78.